The highest BCUT2D eigenvalue weighted by Crippen LogP contribution is 2.26. The first-order valence-corrected chi connectivity index (χ1v) is 9.58. The highest BCUT2D eigenvalue weighted by atomic mass is 32.2. The van der Waals surface area contributed by atoms with Gasteiger partial charge in [-0.15, -0.1) is 0 Å². The molecule has 0 spiro atoms. The maximum absolute atomic E-state index is 13.0. The number of rotatable bonds is 3. The predicted molar refractivity (Wildman–Crippen MR) is 95.4 cm³/mol. The van der Waals surface area contributed by atoms with Gasteiger partial charge in [-0.05, 0) is 45.7 Å². The fraction of sp³-hybridized carbons (Fsp3) is 0.500. The molecule has 1 aromatic carbocycles. The summed E-state index contributed by atoms with van der Waals surface area (Å²) in [5, 5.41) is 0. The first-order valence-electron chi connectivity index (χ1n) is 8.14. The topological polar surface area (TPSA) is 57.7 Å². The highest BCUT2D eigenvalue weighted by molar-refractivity contribution is 7.89. The van der Waals surface area contributed by atoms with Gasteiger partial charge < -0.3 is 4.90 Å². The van der Waals surface area contributed by atoms with E-state index in [-0.39, 0.29) is 5.91 Å². The molecule has 1 heterocycles. The number of carbonyl (C=O) groups excluding carboxylic acids is 1. The Morgan fingerprint density at radius 3 is 1.96 bits per heavy atom. The number of amides is 1. The highest BCUT2D eigenvalue weighted by Gasteiger charge is 2.31. The Labute approximate surface area is 145 Å². The smallest absolute Gasteiger partial charge is 0.246 e. The van der Waals surface area contributed by atoms with Gasteiger partial charge in [0, 0.05) is 32.3 Å². The van der Waals surface area contributed by atoms with Gasteiger partial charge in [0.05, 0.1) is 4.90 Å². The summed E-state index contributed by atoms with van der Waals surface area (Å²) in [4.78, 5) is 14.2. The molecule has 0 aliphatic carbocycles. The van der Waals surface area contributed by atoms with Gasteiger partial charge in [0.25, 0.3) is 0 Å². The molecule has 0 aromatic heterocycles. The molecular formula is C18H26N2O3S. The molecule has 1 aliphatic rings. The van der Waals surface area contributed by atoms with E-state index in [1.807, 2.05) is 46.8 Å². The average Bonchev–Trinajstić information content (AvgIpc) is 2.45. The van der Waals surface area contributed by atoms with Crippen molar-refractivity contribution in [3.63, 3.8) is 0 Å². The van der Waals surface area contributed by atoms with E-state index >= 15 is 0 Å². The molecule has 0 atom stereocenters. The van der Waals surface area contributed by atoms with E-state index in [4.69, 9.17) is 0 Å². The molecule has 0 radical (unpaired) electrons. The summed E-state index contributed by atoms with van der Waals surface area (Å²) in [7, 11) is -3.53. The number of nitrogens with zero attached hydrogens (tertiary/aromatic N) is 2. The second-order valence-corrected chi connectivity index (χ2v) is 8.55. The van der Waals surface area contributed by atoms with Crippen molar-refractivity contribution in [1.29, 1.82) is 0 Å². The molecule has 1 fully saturated rings. The first kappa shape index (κ1) is 18.7. The minimum atomic E-state index is -3.53. The van der Waals surface area contributed by atoms with Gasteiger partial charge in [-0.1, -0.05) is 23.3 Å². The lowest BCUT2D eigenvalue weighted by Gasteiger charge is -2.34. The number of sulfonamides is 1. The number of piperazine rings is 1. The van der Waals surface area contributed by atoms with Crippen molar-refractivity contribution in [1.82, 2.24) is 9.21 Å². The zero-order valence-electron chi connectivity index (χ0n) is 15.1. The van der Waals surface area contributed by atoms with E-state index in [2.05, 4.69) is 0 Å². The van der Waals surface area contributed by atoms with Crippen molar-refractivity contribution >= 4 is 15.9 Å². The number of aryl methyl sites for hydroxylation is 3. The maximum Gasteiger partial charge on any atom is 0.246 e. The molecule has 0 unspecified atom stereocenters. The van der Waals surface area contributed by atoms with Gasteiger partial charge in [0.1, 0.15) is 0 Å². The number of benzene rings is 1. The third-order valence-electron chi connectivity index (χ3n) is 4.16. The van der Waals surface area contributed by atoms with Gasteiger partial charge in [-0.25, -0.2) is 8.42 Å². The minimum Gasteiger partial charge on any atom is -0.337 e. The molecule has 6 heteroatoms. The Balaban J connectivity index is 2.20. The van der Waals surface area contributed by atoms with Gasteiger partial charge in [-0.2, -0.15) is 4.31 Å². The van der Waals surface area contributed by atoms with E-state index in [1.165, 1.54) is 4.31 Å². The molecule has 1 aromatic rings. The van der Waals surface area contributed by atoms with Crippen molar-refractivity contribution in [3.05, 3.63) is 40.5 Å². The lowest BCUT2D eigenvalue weighted by Crippen LogP contribution is -2.50. The Morgan fingerprint density at radius 1 is 1.00 bits per heavy atom. The van der Waals surface area contributed by atoms with Crippen LogP contribution in [0.15, 0.2) is 28.7 Å². The van der Waals surface area contributed by atoms with Crippen LogP contribution in [0.5, 0.6) is 0 Å². The normalized spacial score (nSPS) is 16.1. The molecule has 2 rings (SSSR count). The quantitative estimate of drug-likeness (QED) is 0.787. The number of hydrogen-bond acceptors (Lipinski definition) is 3. The lowest BCUT2D eigenvalue weighted by atomic mass is 10.1. The Hall–Kier alpha value is -1.66. The summed E-state index contributed by atoms with van der Waals surface area (Å²) in [5.41, 5.74) is 3.55. The monoisotopic (exact) mass is 350 g/mol. The second kappa shape index (κ2) is 7.07. The van der Waals surface area contributed by atoms with Crippen LogP contribution < -0.4 is 0 Å². The lowest BCUT2D eigenvalue weighted by molar-refractivity contribution is -0.127. The van der Waals surface area contributed by atoms with E-state index < -0.39 is 10.0 Å². The summed E-state index contributed by atoms with van der Waals surface area (Å²) in [5.74, 6) is -0.0465. The molecule has 0 N–H and O–H groups in total. The molecule has 1 amide bonds. The Bertz CT molecular complexity index is 746. The van der Waals surface area contributed by atoms with Gasteiger partial charge in [-0.3, -0.25) is 4.79 Å². The van der Waals surface area contributed by atoms with Crippen molar-refractivity contribution in [3.8, 4) is 0 Å². The fourth-order valence-corrected chi connectivity index (χ4v) is 5.02. The average molecular weight is 350 g/mol. The van der Waals surface area contributed by atoms with E-state index in [9.17, 15) is 13.2 Å². The van der Waals surface area contributed by atoms with Crippen LogP contribution in [0.3, 0.4) is 0 Å². The molecule has 0 bridgehead atoms. The van der Waals surface area contributed by atoms with Crippen LogP contribution in [0.25, 0.3) is 0 Å². The van der Waals surface area contributed by atoms with Crippen molar-refractivity contribution < 1.29 is 13.2 Å². The fourth-order valence-electron chi connectivity index (χ4n) is 3.19. The van der Waals surface area contributed by atoms with Crippen LogP contribution in [-0.4, -0.2) is 49.7 Å². The van der Waals surface area contributed by atoms with Crippen LogP contribution in [0.4, 0.5) is 0 Å². The van der Waals surface area contributed by atoms with Crippen molar-refractivity contribution in [2.24, 2.45) is 0 Å². The molecule has 0 saturated carbocycles. The van der Waals surface area contributed by atoms with Gasteiger partial charge in [0.2, 0.25) is 15.9 Å². The van der Waals surface area contributed by atoms with Gasteiger partial charge >= 0.3 is 0 Å². The number of carbonyl (C=O) groups is 1. The molecule has 132 valence electrons. The zero-order valence-corrected chi connectivity index (χ0v) is 15.9. The SMILES string of the molecule is CC(C)=CC(=O)N1CCN(S(=O)(=O)c2c(C)cc(C)cc2C)CC1. The second-order valence-electron chi connectivity index (χ2n) is 6.68. The van der Waals surface area contributed by atoms with Crippen LogP contribution in [0, 0.1) is 20.8 Å². The van der Waals surface area contributed by atoms with E-state index in [0.29, 0.717) is 31.1 Å². The third-order valence-corrected chi connectivity index (χ3v) is 6.37. The summed E-state index contributed by atoms with van der Waals surface area (Å²) >= 11 is 0. The zero-order chi connectivity index (χ0) is 18.1. The van der Waals surface area contributed by atoms with Crippen LogP contribution >= 0.6 is 0 Å². The molecule has 1 saturated heterocycles. The molecule has 5 nitrogen and oxygen atoms in total. The minimum absolute atomic E-state index is 0.0465. The summed E-state index contributed by atoms with van der Waals surface area (Å²) < 4.78 is 27.5. The van der Waals surface area contributed by atoms with Crippen LogP contribution in [0.2, 0.25) is 0 Å². The van der Waals surface area contributed by atoms with Crippen LogP contribution in [-0.2, 0) is 14.8 Å². The maximum atomic E-state index is 13.0. The largest absolute Gasteiger partial charge is 0.337 e. The summed E-state index contributed by atoms with van der Waals surface area (Å²) in [6.07, 6.45) is 1.60. The van der Waals surface area contributed by atoms with E-state index in [0.717, 1.165) is 22.3 Å². The molecule has 24 heavy (non-hydrogen) atoms. The first-order chi connectivity index (χ1) is 11.1. The Morgan fingerprint density at radius 2 is 1.50 bits per heavy atom. The molecule has 1 aliphatic heterocycles. The van der Waals surface area contributed by atoms with Gasteiger partial charge in [0.15, 0.2) is 0 Å². The van der Waals surface area contributed by atoms with Crippen molar-refractivity contribution in [2.45, 2.75) is 39.5 Å². The predicted octanol–water partition coefficient (Wildman–Crippen LogP) is 2.41. The molecular weight excluding hydrogens is 324 g/mol. The van der Waals surface area contributed by atoms with E-state index in [1.54, 1.807) is 11.0 Å². The third kappa shape index (κ3) is 3.87. The summed E-state index contributed by atoms with van der Waals surface area (Å²) in [6.45, 7) is 10.9. The standard InChI is InChI=1S/C18H26N2O3S/c1-13(2)10-17(21)19-6-8-20(9-7-19)24(22,23)18-15(4)11-14(3)12-16(18)5/h10-12H,6-9H2,1-5H3. The number of allylic oxidation sites excluding steroid dienone is 1. The Kier molecular flexibility index (Phi) is 5.50. The van der Waals surface area contributed by atoms with Crippen LogP contribution in [0.1, 0.15) is 30.5 Å². The van der Waals surface area contributed by atoms with Crippen molar-refractivity contribution in [2.75, 3.05) is 26.2 Å². The number of hydrogen-bond donors (Lipinski definition) is 0. The summed E-state index contributed by atoms with van der Waals surface area (Å²) in [6, 6.07) is 3.79.